The van der Waals surface area contributed by atoms with Crippen LogP contribution in [-0.2, 0) is 11.2 Å². The van der Waals surface area contributed by atoms with E-state index in [9.17, 15) is 4.79 Å². The smallest absolute Gasteiger partial charge is 0.227 e. The number of anilines is 2. The van der Waals surface area contributed by atoms with Crippen LogP contribution in [0.2, 0.25) is 0 Å². The molecule has 3 heteroatoms. The van der Waals surface area contributed by atoms with Crippen LogP contribution in [0.25, 0.3) is 0 Å². The van der Waals surface area contributed by atoms with Crippen LogP contribution < -0.4 is 10.6 Å². The molecule has 0 aliphatic heterocycles. The van der Waals surface area contributed by atoms with Gasteiger partial charge in [0.25, 0.3) is 0 Å². The van der Waals surface area contributed by atoms with E-state index in [1.165, 1.54) is 0 Å². The van der Waals surface area contributed by atoms with E-state index in [2.05, 4.69) is 0 Å². The summed E-state index contributed by atoms with van der Waals surface area (Å²) in [7, 11) is 1.83. The van der Waals surface area contributed by atoms with Gasteiger partial charge in [-0.3, -0.25) is 4.79 Å². The van der Waals surface area contributed by atoms with Crippen LogP contribution in [0.15, 0.2) is 48.5 Å². The van der Waals surface area contributed by atoms with Gasteiger partial charge in [-0.25, -0.2) is 0 Å². The number of hydrogen-bond acceptors (Lipinski definition) is 2. The molecule has 0 saturated heterocycles. The third kappa shape index (κ3) is 3.38. The molecule has 0 aliphatic carbocycles. The molecule has 0 unspecified atom stereocenters. The van der Waals surface area contributed by atoms with E-state index in [0.717, 1.165) is 28.9 Å². The van der Waals surface area contributed by atoms with Gasteiger partial charge in [-0.15, -0.1) is 0 Å². The van der Waals surface area contributed by atoms with E-state index in [0.29, 0.717) is 6.42 Å². The molecule has 1 amide bonds. The number of amides is 1. The van der Waals surface area contributed by atoms with Crippen molar-refractivity contribution in [2.75, 3.05) is 17.7 Å². The number of hydrogen-bond donors (Lipinski definition) is 1. The van der Waals surface area contributed by atoms with Crippen LogP contribution in [-0.4, -0.2) is 13.0 Å². The highest BCUT2D eigenvalue weighted by Gasteiger charge is 2.12. The third-order valence-corrected chi connectivity index (χ3v) is 3.46. The summed E-state index contributed by atoms with van der Waals surface area (Å²) in [6.45, 7) is 2.01. The predicted molar refractivity (Wildman–Crippen MR) is 83.8 cm³/mol. The SMILES string of the molecule is Cc1ccccc1N(C)C(=O)CCc1ccc(N)cc1. The largest absolute Gasteiger partial charge is 0.399 e. The first-order valence-electron chi connectivity index (χ1n) is 6.74. The Labute approximate surface area is 120 Å². The van der Waals surface area contributed by atoms with Gasteiger partial charge in [0.1, 0.15) is 0 Å². The molecule has 0 aliphatic rings. The lowest BCUT2D eigenvalue weighted by Crippen LogP contribution is -2.27. The Balaban J connectivity index is 1.98. The molecular weight excluding hydrogens is 248 g/mol. The summed E-state index contributed by atoms with van der Waals surface area (Å²) in [5.41, 5.74) is 9.60. The molecule has 0 aromatic heterocycles. The zero-order valence-electron chi connectivity index (χ0n) is 12.0. The van der Waals surface area contributed by atoms with Crippen LogP contribution in [0.1, 0.15) is 17.5 Å². The molecule has 2 aromatic rings. The molecule has 3 nitrogen and oxygen atoms in total. The summed E-state index contributed by atoms with van der Waals surface area (Å²) in [5, 5.41) is 0. The molecule has 0 radical (unpaired) electrons. The summed E-state index contributed by atoms with van der Waals surface area (Å²) < 4.78 is 0. The van der Waals surface area contributed by atoms with Gasteiger partial charge in [-0.1, -0.05) is 30.3 Å². The minimum absolute atomic E-state index is 0.121. The van der Waals surface area contributed by atoms with Gasteiger partial charge in [0.05, 0.1) is 0 Å². The van der Waals surface area contributed by atoms with Crippen molar-refractivity contribution in [1.29, 1.82) is 0 Å². The van der Waals surface area contributed by atoms with E-state index in [1.54, 1.807) is 4.90 Å². The van der Waals surface area contributed by atoms with E-state index in [-0.39, 0.29) is 5.91 Å². The predicted octanol–water partition coefficient (Wildman–Crippen LogP) is 3.17. The Morgan fingerprint density at radius 1 is 1.10 bits per heavy atom. The van der Waals surface area contributed by atoms with E-state index < -0.39 is 0 Å². The minimum Gasteiger partial charge on any atom is -0.399 e. The quantitative estimate of drug-likeness (QED) is 0.866. The first kappa shape index (κ1) is 14.1. The Hall–Kier alpha value is -2.29. The minimum atomic E-state index is 0.121. The van der Waals surface area contributed by atoms with Gasteiger partial charge in [0.2, 0.25) is 5.91 Å². The number of carbonyl (C=O) groups excluding carboxylic acids is 1. The fourth-order valence-electron chi connectivity index (χ4n) is 2.18. The number of rotatable bonds is 4. The number of carbonyl (C=O) groups is 1. The maximum absolute atomic E-state index is 12.2. The molecule has 2 N–H and O–H groups in total. The standard InChI is InChI=1S/C17H20N2O/c1-13-5-3-4-6-16(13)19(2)17(20)12-9-14-7-10-15(18)11-8-14/h3-8,10-11H,9,12,18H2,1-2H3. The zero-order valence-corrected chi connectivity index (χ0v) is 12.0. The maximum Gasteiger partial charge on any atom is 0.227 e. The van der Waals surface area contributed by atoms with Crippen molar-refractivity contribution >= 4 is 17.3 Å². The Morgan fingerprint density at radius 3 is 2.40 bits per heavy atom. The third-order valence-electron chi connectivity index (χ3n) is 3.46. The molecule has 0 fully saturated rings. The van der Waals surface area contributed by atoms with E-state index in [1.807, 2.05) is 62.5 Å². The first-order valence-corrected chi connectivity index (χ1v) is 6.74. The number of aryl methyl sites for hydroxylation is 2. The second kappa shape index (κ2) is 6.24. The van der Waals surface area contributed by atoms with Crippen molar-refractivity contribution in [3.63, 3.8) is 0 Å². The molecular formula is C17H20N2O. The topological polar surface area (TPSA) is 46.3 Å². The van der Waals surface area contributed by atoms with Gasteiger partial charge >= 0.3 is 0 Å². The van der Waals surface area contributed by atoms with Gasteiger partial charge in [0.15, 0.2) is 0 Å². The number of nitrogen functional groups attached to an aromatic ring is 1. The number of nitrogens with zero attached hydrogens (tertiary/aromatic N) is 1. The highest BCUT2D eigenvalue weighted by atomic mass is 16.2. The van der Waals surface area contributed by atoms with Crippen molar-refractivity contribution in [3.05, 3.63) is 59.7 Å². The maximum atomic E-state index is 12.2. The Morgan fingerprint density at radius 2 is 1.75 bits per heavy atom. The van der Waals surface area contributed by atoms with Crippen molar-refractivity contribution < 1.29 is 4.79 Å². The molecule has 2 rings (SSSR count). The monoisotopic (exact) mass is 268 g/mol. The normalized spacial score (nSPS) is 10.3. The Bertz CT molecular complexity index is 590. The average molecular weight is 268 g/mol. The second-order valence-corrected chi connectivity index (χ2v) is 4.98. The lowest BCUT2D eigenvalue weighted by molar-refractivity contribution is -0.118. The van der Waals surface area contributed by atoms with Gasteiger partial charge in [0, 0.05) is 24.8 Å². The molecule has 0 atom stereocenters. The number of para-hydroxylation sites is 1. The highest BCUT2D eigenvalue weighted by molar-refractivity contribution is 5.93. The van der Waals surface area contributed by atoms with Crippen molar-refractivity contribution in [3.8, 4) is 0 Å². The second-order valence-electron chi connectivity index (χ2n) is 4.98. The van der Waals surface area contributed by atoms with E-state index >= 15 is 0 Å². The summed E-state index contributed by atoms with van der Waals surface area (Å²) in [5.74, 6) is 0.121. The zero-order chi connectivity index (χ0) is 14.5. The van der Waals surface area contributed by atoms with Crippen LogP contribution in [0.4, 0.5) is 11.4 Å². The van der Waals surface area contributed by atoms with Crippen molar-refractivity contribution in [2.45, 2.75) is 19.8 Å². The summed E-state index contributed by atoms with van der Waals surface area (Å²) in [6, 6.07) is 15.6. The van der Waals surface area contributed by atoms with Crippen LogP contribution in [0.3, 0.4) is 0 Å². The average Bonchev–Trinajstić information content (AvgIpc) is 2.46. The molecule has 2 aromatic carbocycles. The summed E-state index contributed by atoms with van der Waals surface area (Å²) in [4.78, 5) is 14.0. The molecule has 20 heavy (non-hydrogen) atoms. The van der Waals surface area contributed by atoms with Crippen molar-refractivity contribution in [1.82, 2.24) is 0 Å². The first-order chi connectivity index (χ1) is 9.58. The summed E-state index contributed by atoms with van der Waals surface area (Å²) >= 11 is 0. The fraction of sp³-hybridized carbons (Fsp3) is 0.235. The lowest BCUT2D eigenvalue weighted by Gasteiger charge is -2.19. The van der Waals surface area contributed by atoms with Gasteiger partial charge < -0.3 is 10.6 Å². The number of benzene rings is 2. The molecule has 0 bridgehead atoms. The van der Waals surface area contributed by atoms with Crippen LogP contribution in [0.5, 0.6) is 0 Å². The lowest BCUT2D eigenvalue weighted by atomic mass is 10.1. The summed E-state index contributed by atoms with van der Waals surface area (Å²) in [6.07, 6.45) is 1.23. The number of nitrogens with two attached hydrogens (primary N) is 1. The molecule has 0 spiro atoms. The van der Waals surface area contributed by atoms with E-state index in [4.69, 9.17) is 5.73 Å². The van der Waals surface area contributed by atoms with Crippen molar-refractivity contribution in [2.24, 2.45) is 0 Å². The van der Waals surface area contributed by atoms with Crippen LogP contribution in [0, 0.1) is 6.92 Å². The molecule has 0 saturated carbocycles. The van der Waals surface area contributed by atoms with Crippen LogP contribution >= 0.6 is 0 Å². The Kier molecular flexibility index (Phi) is 4.41. The fourth-order valence-corrected chi connectivity index (χ4v) is 2.18. The highest BCUT2D eigenvalue weighted by Crippen LogP contribution is 2.19. The van der Waals surface area contributed by atoms with Gasteiger partial charge in [-0.05, 0) is 42.7 Å². The molecule has 104 valence electrons. The van der Waals surface area contributed by atoms with Gasteiger partial charge in [-0.2, -0.15) is 0 Å². The molecule has 0 heterocycles.